The topological polar surface area (TPSA) is 25.2 Å². The first-order valence-corrected chi connectivity index (χ1v) is 6.67. The van der Waals surface area contributed by atoms with Crippen LogP contribution in [0.1, 0.15) is 5.56 Å². The number of furan rings is 1. The molecule has 0 amide bonds. The summed E-state index contributed by atoms with van der Waals surface area (Å²) in [7, 11) is 1.87. The lowest BCUT2D eigenvalue weighted by Crippen LogP contribution is -2.05. The predicted octanol–water partition coefficient (Wildman–Crippen LogP) is 4.61. The van der Waals surface area contributed by atoms with E-state index in [-0.39, 0.29) is 5.82 Å². The second kappa shape index (κ2) is 5.27. The number of rotatable bonds is 3. The van der Waals surface area contributed by atoms with Gasteiger partial charge in [0.25, 0.3) is 0 Å². The molecule has 0 aliphatic rings. The SMILES string of the molecule is CNCc1cc(-c2cc3cc(F)ccc3o2)ccc1Cl. The Morgan fingerprint density at radius 3 is 2.80 bits per heavy atom. The number of nitrogens with one attached hydrogen (secondary N) is 1. The molecular formula is C16H13ClFNO. The molecule has 0 unspecified atom stereocenters. The molecule has 0 spiro atoms. The van der Waals surface area contributed by atoms with Crippen LogP contribution in [0.4, 0.5) is 4.39 Å². The summed E-state index contributed by atoms with van der Waals surface area (Å²) in [4.78, 5) is 0. The minimum Gasteiger partial charge on any atom is -0.456 e. The minimum atomic E-state index is -0.267. The van der Waals surface area contributed by atoms with Crippen LogP contribution in [0.3, 0.4) is 0 Å². The van der Waals surface area contributed by atoms with Gasteiger partial charge in [0.1, 0.15) is 17.2 Å². The number of fused-ring (bicyclic) bond motifs is 1. The summed E-state index contributed by atoms with van der Waals surface area (Å²) in [6.45, 7) is 0.682. The Labute approximate surface area is 121 Å². The van der Waals surface area contributed by atoms with E-state index < -0.39 is 0 Å². The fourth-order valence-corrected chi connectivity index (χ4v) is 2.39. The zero-order valence-corrected chi connectivity index (χ0v) is 11.7. The molecule has 1 heterocycles. The first-order valence-electron chi connectivity index (χ1n) is 6.30. The Morgan fingerprint density at radius 2 is 2.00 bits per heavy atom. The predicted molar refractivity (Wildman–Crippen MR) is 79.4 cm³/mol. The van der Waals surface area contributed by atoms with Gasteiger partial charge in [0.05, 0.1) is 0 Å². The van der Waals surface area contributed by atoms with E-state index in [0.717, 1.165) is 16.5 Å². The maximum absolute atomic E-state index is 13.2. The molecule has 4 heteroatoms. The summed E-state index contributed by atoms with van der Waals surface area (Å²) >= 11 is 6.14. The minimum absolute atomic E-state index is 0.267. The summed E-state index contributed by atoms with van der Waals surface area (Å²) in [5.41, 5.74) is 2.60. The Kier molecular flexibility index (Phi) is 3.47. The molecule has 1 N–H and O–H groups in total. The maximum atomic E-state index is 13.2. The van der Waals surface area contributed by atoms with E-state index in [1.807, 2.05) is 31.3 Å². The first-order chi connectivity index (χ1) is 9.67. The van der Waals surface area contributed by atoms with E-state index >= 15 is 0 Å². The van der Waals surface area contributed by atoms with Crippen LogP contribution in [0.2, 0.25) is 5.02 Å². The first kappa shape index (κ1) is 13.2. The highest BCUT2D eigenvalue weighted by Gasteiger charge is 2.09. The fraction of sp³-hybridized carbons (Fsp3) is 0.125. The molecule has 0 saturated heterocycles. The molecule has 0 saturated carbocycles. The van der Waals surface area contributed by atoms with E-state index in [9.17, 15) is 4.39 Å². The highest BCUT2D eigenvalue weighted by molar-refractivity contribution is 6.31. The molecule has 20 heavy (non-hydrogen) atoms. The van der Waals surface area contributed by atoms with Gasteiger partial charge in [-0.1, -0.05) is 11.6 Å². The van der Waals surface area contributed by atoms with Crippen molar-refractivity contribution < 1.29 is 8.81 Å². The van der Waals surface area contributed by atoms with E-state index in [4.69, 9.17) is 16.0 Å². The molecule has 0 bridgehead atoms. The summed E-state index contributed by atoms with van der Waals surface area (Å²) < 4.78 is 19.0. The van der Waals surface area contributed by atoms with Crippen LogP contribution in [0.15, 0.2) is 46.9 Å². The van der Waals surface area contributed by atoms with Crippen molar-refractivity contribution >= 4 is 22.6 Å². The second-order valence-corrected chi connectivity index (χ2v) is 5.04. The van der Waals surface area contributed by atoms with Crippen LogP contribution in [0.25, 0.3) is 22.3 Å². The average Bonchev–Trinajstić information content (AvgIpc) is 2.84. The maximum Gasteiger partial charge on any atom is 0.135 e. The molecule has 0 radical (unpaired) electrons. The van der Waals surface area contributed by atoms with Crippen molar-refractivity contribution in [2.24, 2.45) is 0 Å². The highest BCUT2D eigenvalue weighted by Crippen LogP contribution is 2.30. The van der Waals surface area contributed by atoms with Gasteiger partial charge >= 0.3 is 0 Å². The van der Waals surface area contributed by atoms with Crippen LogP contribution in [0, 0.1) is 5.82 Å². The fourth-order valence-electron chi connectivity index (χ4n) is 2.21. The standard InChI is InChI=1S/C16H13ClFNO/c1-19-9-12-6-10(2-4-14(12)17)16-8-11-7-13(18)3-5-15(11)20-16/h2-8,19H,9H2,1H3. The lowest BCUT2D eigenvalue weighted by molar-refractivity contribution is 0.619. The van der Waals surface area contributed by atoms with Gasteiger partial charge in [-0.05, 0) is 55.1 Å². The van der Waals surface area contributed by atoms with E-state index in [0.29, 0.717) is 22.9 Å². The van der Waals surface area contributed by atoms with Crippen LogP contribution in [-0.4, -0.2) is 7.05 Å². The molecular weight excluding hydrogens is 277 g/mol. The molecule has 0 atom stereocenters. The number of hydrogen-bond acceptors (Lipinski definition) is 2. The summed E-state index contributed by atoms with van der Waals surface area (Å²) in [6.07, 6.45) is 0. The second-order valence-electron chi connectivity index (χ2n) is 4.63. The smallest absolute Gasteiger partial charge is 0.135 e. The normalized spacial score (nSPS) is 11.2. The molecule has 0 aliphatic carbocycles. The monoisotopic (exact) mass is 289 g/mol. The third kappa shape index (κ3) is 2.42. The average molecular weight is 290 g/mol. The van der Waals surface area contributed by atoms with Crippen molar-refractivity contribution in [3.05, 3.63) is 58.9 Å². The van der Waals surface area contributed by atoms with Crippen LogP contribution in [0.5, 0.6) is 0 Å². The Morgan fingerprint density at radius 1 is 1.15 bits per heavy atom. The van der Waals surface area contributed by atoms with Crippen molar-refractivity contribution in [3.63, 3.8) is 0 Å². The van der Waals surface area contributed by atoms with Gasteiger partial charge in [-0.2, -0.15) is 0 Å². The summed E-state index contributed by atoms with van der Waals surface area (Å²) in [5, 5.41) is 4.54. The van der Waals surface area contributed by atoms with Gasteiger partial charge < -0.3 is 9.73 Å². The molecule has 1 aromatic heterocycles. The summed E-state index contributed by atoms with van der Waals surface area (Å²) in [6, 6.07) is 12.1. The Balaban J connectivity index is 2.08. The van der Waals surface area contributed by atoms with Crippen LogP contribution >= 0.6 is 11.6 Å². The van der Waals surface area contributed by atoms with Gasteiger partial charge in [0.2, 0.25) is 0 Å². The van der Waals surface area contributed by atoms with Gasteiger partial charge in [0, 0.05) is 22.5 Å². The zero-order chi connectivity index (χ0) is 14.1. The Bertz CT molecular complexity index is 766. The largest absolute Gasteiger partial charge is 0.456 e. The highest BCUT2D eigenvalue weighted by atomic mass is 35.5. The van der Waals surface area contributed by atoms with Gasteiger partial charge in [-0.3, -0.25) is 0 Å². The molecule has 2 aromatic carbocycles. The van der Waals surface area contributed by atoms with Gasteiger partial charge in [-0.25, -0.2) is 4.39 Å². The van der Waals surface area contributed by atoms with E-state index in [1.54, 1.807) is 6.07 Å². The van der Waals surface area contributed by atoms with Gasteiger partial charge in [-0.15, -0.1) is 0 Å². The third-order valence-corrected chi connectivity index (χ3v) is 3.54. The lowest BCUT2D eigenvalue weighted by Gasteiger charge is -2.05. The zero-order valence-electron chi connectivity index (χ0n) is 10.9. The van der Waals surface area contributed by atoms with Crippen molar-refractivity contribution in [2.45, 2.75) is 6.54 Å². The molecule has 0 aliphatic heterocycles. The summed E-state index contributed by atoms with van der Waals surface area (Å²) in [5.74, 6) is 0.441. The van der Waals surface area contributed by atoms with Crippen molar-refractivity contribution in [1.29, 1.82) is 0 Å². The molecule has 3 aromatic rings. The number of benzene rings is 2. The molecule has 102 valence electrons. The van der Waals surface area contributed by atoms with Crippen LogP contribution < -0.4 is 5.32 Å². The van der Waals surface area contributed by atoms with Crippen molar-refractivity contribution in [3.8, 4) is 11.3 Å². The lowest BCUT2D eigenvalue weighted by atomic mass is 10.1. The van der Waals surface area contributed by atoms with E-state index in [2.05, 4.69) is 5.32 Å². The van der Waals surface area contributed by atoms with Crippen molar-refractivity contribution in [1.82, 2.24) is 5.32 Å². The third-order valence-electron chi connectivity index (χ3n) is 3.18. The number of halogens is 2. The molecule has 0 fully saturated rings. The number of hydrogen-bond donors (Lipinski definition) is 1. The molecule has 3 rings (SSSR count). The quantitative estimate of drug-likeness (QED) is 0.761. The Hall–Kier alpha value is -1.84. The van der Waals surface area contributed by atoms with E-state index in [1.165, 1.54) is 12.1 Å². The molecule has 2 nitrogen and oxygen atoms in total. The van der Waals surface area contributed by atoms with Crippen LogP contribution in [-0.2, 0) is 6.54 Å². The van der Waals surface area contributed by atoms with Gasteiger partial charge in [0.15, 0.2) is 0 Å². The van der Waals surface area contributed by atoms with Crippen molar-refractivity contribution in [2.75, 3.05) is 7.05 Å².